The summed E-state index contributed by atoms with van der Waals surface area (Å²) >= 11 is 17.7. The SMILES string of the molecule is CNc1ncc(C(=O)Nc2ccc(Cl)c(Cl)c2)cc1Cl. The van der Waals surface area contributed by atoms with Crippen molar-refractivity contribution >= 4 is 52.2 Å². The number of hydrogen-bond donors (Lipinski definition) is 2. The first-order valence-electron chi connectivity index (χ1n) is 5.61. The van der Waals surface area contributed by atoms with Crippen molar-refractivity contribution in [2.45, 2.75) is 0 Å². The van der Waals surface area contributed by atoms with Gasteiger partial charge < -0.3 is 10.6 Å². The van der Waals surface area contributed by atoms with E-state index in [2.05, 4.69) is 15.6 Å². The average Bonchev–Trinajstić information content (AvgIpc) is 2.42. The van der Waals surface area contributed by atoms with Crippen molar-refractivity contribution in [2.75, 3.05) is 17.7 Å². The third-order valence-corrected chi connectivity index (χ3v) is 3.54. The molecular weight excluding hydrogens is 321 g/mol. The highest BCUT2D eigenvalue weighted by Gasteiger charge is 2.10. The molecule has 20 heavy (non-hydrogen) atoms. The molecule has 1 amide bonds. The summed E-state index contributed by atoms with van der Waals surface area (Å²) in [5.74, 6) is 0.179. The molecule has 1 aromatic heterocycles. The average molecular weight is 331 g/mol. The fourth-order valence-electron chi connectivity index (χ4n) is 1.52. The Morgan fingerprint density at radius 2 is 1.85 bits per heavy atom. The van der Waals surface area contributed by atoms with Crippen molar-refractivity contribution in [3.8, 4) is 0 Å². The van der Waals surface area contributed by atoms with Gasteiger partial charge in [0.1, 0.15) is 5.82 Å². The van der Waals surface area contributed by atoms with Crippen LogP contribution in [0.4, 0.5) is 11.5 Å². The van der Waals surface area contributed by atoms with Crippen LogP contribution in [0.15, 0.2) is 30.5 Å². The van der Waals surface area contributed by atoms with Gasteiger partial charge in [-0.1, -0.05) is 34.8 Å². The van der Waals surface area contributed by atoms with Crippen LogP contribution in [-0.4, -0.2) is 17.9 Å². The summed E-state index contributed by atoms with van der Waals surface area (Å²) in [7, 11) is 1.70. The molecule has 1 heterocycles. The van der Waals surface area contributed by atoms with Gasteiger partial charge in [-0.15, -0.1) is 0 Å². The molecule has 0 saturated carbocycles. The Hall–Kier alpha value is -1.49. The summed E-state index contributed by atoms with van der Waals surface area (Å²) in [4.78, 5) is 16.1. The van der Waals surface area contributed by atoms with Gasteiger partial charge in [0, 0.05) is 18.9 Å². The summed E-state index contributed by atoms with van der Waals surface area (Å²) in [6.45, 7) is 0. The van der Waals surface area contributed by atoms with Crippen LogP contribution in [-0.2, 0) is 0 Å². The molecule has 0 atom stereocenters. The van der Waals surface area contributed by atoms with Crippen LogP contribution in [0.1, 0.15) is 10.4 Å². The summed E-state index contributed by atoms with van der Waals surface area (Å²) in [5, 5.41) is 6.67. The molecule has 0 saturated heterocycles. The van der Waals surface area contributed by atoms with Gasteiger partial charge in [0.15, 0.2) is 0 Å². The minimum Gasteiger partial charge on any atom is -0.372 e. The van der Waals surface area contributed by atoms with E-state index in [0.29, 0.717) is 32.1 Å². The molecule has 0 unspecified atom stereocenters. The molecule has 2 N–H and O–H groups in total. The molecule has 0 bridgehead atoms. The maximum Gasteiger partial charge on any atom is 0.257 e. The molecule has 4 nitrogen and oxygen atoms in total. The van der Waals surface area contributed by atoms with E-state index in [0.717, 1.165) is 0 Å². The van der Waals surface area contributed by atoms with E-state index < -0.39 is 0 Å². The largest absolute Gasteiger partial charge is 0.372 e. The summed E-state index contributed by atoms with van der Waals surface area (Å²) in [5.41, 5.74) is 0.887. The van der Waals surface area contributed by atoms with Gasteiger partial charge in [-0.2, -0.15) is 0 Å². The van der Waals surface area contributed by atoms with Crippen LogP contribution >= 0.6 is 34.8 Å². The number of hydrogen-bond acceptors (Lipinski definition) is 3. The molecule has 0 aliphatic carbocycles. The van der Waals surface area contributed by atoms with E-state index in [1.165, 1.54) is 12.3 Å². The number of nitrogens with one attached hydrogen (secondary N) is 2. The standard InChI is InChI=1S/C13H10Cl3N3O/c1-17-12-11(16)4-7(6-18-12)13(20)19-8-2-3-9(14)10(15)5-8/h2-6H,1H3,(H,17,18)(H,19,20). The second-order valence-corrected chi connectivity index (χ2v) is 5.11. The van der Waals surface area contributed by atoms with Crippen LogP contribution in [0.5, 0.6) is 0 Å². The molecular formula is C13H10Cl3N3O. The molecule has 104 valence electrons. The molecule has 0 aliphatic rings. The van der Waals surface area contributed by atoms with Crippen molar-refractivity contribution < 1.29 is 4.79 Å². The number of rotatable bonds is 3. The third kappa shape index (κ3) is 3.33. The van der Waals surface area contributed by atoms with Gasteiger partial charge in [0.05, 0.1) is 20.6 Å². The van der Waals surface area contributed by atoms with E-state index in [9.17, 15) is 4.79 Å². The topological polar surface area (TPSA) is 54.0 Å². The second kappa shape index (κ2) is 6.31. The molecule has 2 aromatic rings. The minimum atomic E-state index is -0.333. The highest BCUT2D eigenvalue weighted by atomic mass is 35.5. The lowest BCUT2D eigenvalue weighted by molar-refractivity contribution is 0.102. The van der Waals surface area contributed by atoms with Gasteiger partial charge >= 0.3 is 0 Å². The highest BCUT2D eigenvalue weighted by molar-refractivity contribution is 6.42. The lowest BCUT2D eigenvalue weighted by Gasteiger charge is -2.08. The number of amides is 1. The molecule has 2 rings (SSSR count). The van der Waals surface area contributed by atoms with Crippen molar-refractivity contribution in [1.29, 1.82) is 0 Å². The molecule has 7 heteroatoms. The van der Waals surface area contributed by atoms with E-state index >= 15 is 0 Å². The summed E-state index contributed by atoms with van der Waals surface area (Å²) in [6, 6.07) is 6.37. The lowest BCUT2D eigenvalue weighted by Crippen LogP contribution is -2.12. The molecule has 1 aromatic carbocycles. The molecule has 0 spiro atoms. The Morgan fingerprint density at radius 3 is 2.45 bits per heavy atom. The first-order chi connectivity index (χ1) is 9.51. The Kier molecular flexibility index (Phi) is 4.70. The number of pyridine rings is 1. The van der Waals surface area contributed by atoms with Crippen LogP contribution in [0.2, 0.25) is 15.1 Å². The Bertz CT molecular complexity index is 661. The van der Waals surface area contributed by atoms with Crippen LogP contribution in [0.25, 0.3) is 0 Å². The second-order valence-electron chi connectivity index (χ2n) is 3.89. The number of anilines is 2. The lowest BCUT2D eigenvalue weighted by atomic mass is 10.2. The van der Waals surface area contributed by atoms with Gasteiger partial charge in [-0.3, -0.25) is 4.79 Å². The van der Waals surface area contributed by atoms with Crippen LogP contribution < -0.4 is 10.6 Å². The number of carbonyl (C=O) groups excluding carboxylic acids is 1. The van der Waals surface area contributed by atoms with Gasteiger partial charge in [0.2, 0.25) is 0 Å². The Labute approximate surface area is 131 Å². The maximum atomic E-state index is 12.1. The summed E-state index contributed by atoms with van der Waals surface area (Å²) < 4.78 is 0. The Balaban J connectivity index is 2.19. The zero-order valence-corrected chi connectivity index (χ0v) is 12.6. The zero-order chi connectivity index (χ0) is 14.7. The van der Waals surface area contributed by atoms with E-state index in [4.69, 9.17) is 34.8 Å². The fraction of sp³-hybridized carbons (Fsp3) is 0.0769. The zero-order valence-electron chi connectivity index (χ0n) is 10.4. The van der Waals surface area contributed by atoms with E-state index in [-0.39, 0.29) is 5.91 Å². The molecule has 0 radical (unpaired) electrons. The number of benzene rings is 1. The number of nitrogens with zero attached hydrogens (tertiary/aromatic N) is 1. The van der Waals surface area contributed by atoms with Gasteiger partial charge in [-0.25, -0.2) is 4.98 Å². The Morgan fingerprint density at radius 1 is 1.10 bits per heavy atom. The maximum absolute atomic E-state index is 12.1. The smallest absolute Gasteiger partial charge is 0.257 e. The van der Waals surface area contributed by atoms with Crippen LogP contribution in [0.3, 0.4) is 0 Å². The van der Waals surface area contributed by atoms with Gasteiger partial charge in [0.25, 0.3) is 5.91 Å². The van der Waals surface area contributed by atoms with Crippen molar-refractivity contribution in [3.05, 3.63) is 51.1 Å². The number of aromatic nitrogens is 1. The minimum absolute atomic E-state index is 0.333. The third-order valence-electron chi connectivity index (χ3n) is 2.52. The van der Waals surface area contributed by atoms with Crippen LogP contribution in [0, 0.1) is 0 Å². The predicted molar refractivity (Wildman–Crippen MR) is 83.2 cm³/mol. The molecule has 0 aliphatic heterocycles. The first-order valence-corrected chi connectivity index (χ1v) is 6.74. The van der Waals surface area contributed by atoms with Crippen molar-refractivity contribution in [2.24, 2.45) is 0 Å². The normalized spacial score (nSPS) is 10.2. The predicted octanol–water partition coefficient (Wildman–Crippen LogP) is 4.34. The molecule has 0 fully saturated rings. The first kappa shape index (κ1) is 14.9. The van der Waals surface area contributed by atoms with E-state index in [1.807, 2.05) is 0 Å². The quantitative estimate of drug-likeness (QED) is 0.880. The van der Waals surface area contributed by atoms with Crippen molar-refractivity contribution in [3.63, 3.8) is 0 Å². The van der Waals surface area contributed by atoms with E-state index in [1.54, 1.807) is 25.2 Å². The summed E-state index contributed by atoms with van der Waals surface area (Å²) in [6.07, 6.45) is 1.44. The number of carbonyl (C=O) groups is 1. The highest BCUT2D eigenvalue weighted by Crippen LogP contribution is 2.25. The van der Waals surface area contributed by atoms with Crippen molar-refractivity contribution in [1.82, 2.24) is 4.98 Å². The number of halogens is 3. The monoisotopic (exact) mass is 329 g/mol. The van der Waals surface area contributed by atoms with Gasteiger partial charge in [-0.05, 0) is 24.3 Å². The fourth-order valence-corrected chi connectivity index (χ4v) is 2.08.